The molecule has 1 aliphatic carbocycles. The Morgan fingerprint density at radius 1 is 1.05 bits per heavy atom. The predicted octanol–water partition coefficient (Wildman–Crippen LogP) is 6.60. The maximum atomic E-state index is 11.8. The predicted molar refractivity (Wildman–Crippen MR) is 172 cm³/mol. The summed E-state index contributed by atoms with van der Waals surface area (Å²) in [6.07, 6.45) is 12.8. The van der Waals surface area contributed by atoms with Crippen molar-refractivity contribution in [1.29, 1.82) is 0 Å². The number of carbonyl (C=O) groups is 1. The van der Waals surface area contributed by atoms with Crippen molar-refractivity contribution in [2.75, 3.05) is 19.8 Å². The normalized spacial score (nSPS) is 17.9. The number of allylic oxidation sites excluding steroid dienone is 2. The van der Waals surface area contributed by atoms with E-state index < -0.39 is 5.97 Å². The fraction of sp³-hybridized carbons (Fsp3) is 0.333. The Labute approximate surface area is 253 Å². The van der Waals surface area contributed by atoms with E-state index in [9.17, 15) is 9.90 Å². The fourth-order valence-corrected chi connectivity index (χ4v) is 6.23. The number of aromatic carboxylic acids is 1. The summed E-state index contributed by atoms with van der Waals surface area (Å²) in [5.41, 5.74) is 6.25. The fourth-order valence-electron chi connectivity index (χ4n) is 6.23. The lowest BCUT2D eigenvalue weighted by atomic mass is 9.98. The molecule has 2 unspecified atom stereocenters. The van der Waals surface area contributed by atoms with Crippen molar-refractivity contribution < 1.29 is 14.6 Å². The average molecular weight is 577 g/mol. The van der Waals surface area contributed by atoms with E-state index in [1.807, 2.05) is 24.3 Å². The molecule has 7 heteroatoms. The van der Waals surface area contributed by atoms with E-state index in [1.165, 1.54) is 0 Å². The van der Waals surface area contributed by atoms with Crippen molar-refractivity contribution in [3.63, 3.8) is 0 Å². The van der Waals surface area contributed by atoms with Gasteiger partial charge in [-0.2, -0.15) is 0 Å². The molecule has 1 aromatic heterocycles. The Bertz CT molecular complexity index is 1650. The number of unbranched alkanes of at least 4 members (excludes halogenated alkanes) is 1. The van der Waals surface area contributed by atoms with Gasteiger partial charge in [0.15, 0.2) is 0 Å². The number of hydrogen-bond acceptors (Lipinski definition) is 5. The summed E-state index contributed by atoms with van der Waals surface area (Å²) in [5, 5.41) is 13.2. The van der Waals surface area contributed by atoms with Crippen LogP contribution in [0.3, 0.4) is 0 Å². The van der Waals surface area contributed by atoms with Crippen LogP contribution >= 0.6 is 0 Å². The van der Waals surface area contributed by atoms with Gasteiger partial charge in [-0.25, -0.2) is 9.78 Å². The van der Waals surface area contributed by atoms with Crippen LogP contribution in [0.4, 0.5) is 0 Å². The summed E-state index contributed by atoms with van der Waals surface area (Å²) in [5.74, 6) is 1.03. The molecule has 4 aromatic rings. The van der Waals surface area contributed by atoms with Crippen LogP contribution in [0.2, 0.25) is 0 Å². The number of imidazole rings is 1. The monoisotopic (exact) mass is 576 g/mol. The second-order valence-electron chi connectivity index (χ2n) is 11.5. The minimum Gasteiger partial charge on any atom is -0.491 e. The van der Waals surface area contributed by atoms with Crippen molar-refractivity contribution in [3.05, 3.63) is 107 Å². The summed E-state index contributed by atoms with van der Waals surface area (Å²) in [4.78, 5) is 19.4. The quantitative estimate of drug-likeness (QED) is 0.185. The van der Waals surface area contributed by atoms with Gasteiger partial charge in [-0.15, -0.1) is 0 Å². The molecule has 222 valence electrons. The van der Waals surface area contributed by atoms with Crippen LogP contribution in [-0.4, -0.2) is 57.4 Å². The van der Waals surface area contributed by atoms with Crippen LogP contribution in [-0.2, 0) is 13.0 Å². The van der Waals surface area contributed by atoms with E-state index in [1.54, 1.807) is 12.1 Å². The molecule has 1 aliphatic heterocycles. The zero-order chi connectivity index (χ0) is 29.8. The Balaban J connectivity index is 1.23. The number of rotatable bonds is 12. The van der Waals surface area contributed by atoms with Gasteiger partial charge in [-0.3, -0.25) is 10.2 Å². The number of nitrogens with zero attached hydrogens (tertiary/aromatic N) is 3. The van der Waals surface area contributed by atoms with Crippen LogP contribution in [0.25, 0.3) is 22.2 Å². The molecule has 43 heavy (non-hydrogen) atoms. The summed E-state index contributed by atoms with van der Waals surface area (Å²) in [7, 11) is 0. The molecule has 0 saturated carbocycles. The zero-order valence-corrected chi connectivity index (χ0v) is 25.0. The molecular formula is C36H40N4O3. The number of aryl methyl sites for hydroxylation is 2. The van der Waals surface area contributed by atoms with Crippen molar-refractivity contribution in [3.8, 4) is 16.9 Å². The molecule has 1 fully saturated rings. The number of fused-ring (bicyclic) bond motifs is 2. The Kier molecular flexibility index (Phi) is 8.72. The summed E-state index contributed by atoms with van der Waals surface area (Å²) in [6.45, 7) is 7.49. The lowest BCUT2D eigenvalue weighted by Gasteiger charge is -2.24. The van der Waals surface area contributed by atoms with Crippen LogP contribution in [0.5, 0.6) is 5.75 Å². The van der Waals surface area contributed by atoms with E-state index in [2.05, 4.69) is 77.2 Å². The molecule has 0 amide bonds. The smallest absolute Gasteiger partial charge is 0.336 e. The average Bonchev–Trinajstić information content (AvgIpc) is 3.61. The molecule has 2 N–H and O–H groups in total. The highest BCUT2D eigenvalue weighted by Gasteiger charge is 2.30. The van der Waals surface area contributed by atoms with Crippen molar-refractivity contribution in [2.45, 2.75) is 58.2 Å². The van der Waals surface area contributed by atoms with Crippen LogP contribution in [0.1, 0.15) is 53.5 Å². The minimum absolute atomic E-state index is 0.308. The highest BCUT2D eigenvalue weighted by molar-refractivity contribution is 5.96. The third-order valence-electron chi connectivity index (χ3n) is 8.56. The zero-order valence-electron chi connectivity index (χ0n) is 25.0. The third kappa shape index (κ3) is 6.14. The number of aromatic nitrogens is 2. The summed E-state index contributed by atoms with van der Waals surface area (Å²) in [6, 6.07) is 20.4. The number of carboxylic acids is 1. The molecule has 2 aliphatic rings. The second-order valence-corrected chi connectivity index (χ2v) is 11.5. The highest BCUT2D eigenvalue weighted by Crippen LogP contribution is 2.32. The van der Waals surface area contributed by atoms with Crippen molar-refractivity contribution in [1.82, 2.24) is 19.8 Å². The highest BCUT2D eigenvalue weighted by atomic mass is 16.5. The Morgan fingerprint density at radius 2 is 1.86 bits per heavy atom. The molecule has 0 spiro atoms. The van der Waals surface area contributed by atoms with Gasteiger partial charge in [-0.05, 0) is 54.2 Å². The maximum absolute atomic E-state index is 11.8. The van der Waals surface area contributed by atoms with Gasteiger partial charge in [0.1, 0.15) is 17.1 Å². The first-order chi connectivity index (χ1) is 21.0. The molecule has 2 heterocycles. The number of ether oxygens (including phenoxy) is 1. The van der Waals surface area contributed by atoms with Crippen LogP contribution in [0.15, 0.2) is 85.0 Å². The lowest BCUT2D eigenvalue weighted by Crippen LogP contribution is -2.35. The first kappa shape index (κ1) is 28.9. The van der Waals surface area contributed by atoms with Crippen molar-refractivity contribution in [2.24, 2.45) is 0 Å². The van der Waals surface area contributed by atoms with Gasteiger partial charge in [0.05, 0.1) is 17.7 Å². The molecule has 6 rings (SSSR count). The topological polar surface area (TPSA) is 79.6 Å². The molecule has 0 radical (unpaired) electrons. The largest absolute Gasteiger partial charge is 0.491 e. The van der Waals surface area contributed by atoms with E-state index in [4.69, 9.17) is 9.72 Å². The third-order valence-corrected chi connectivity index (χ3v) is 8.56. The Morgan fingerprint density at radius 3 is 2.67 bits per heavy atom. The van der Waals surface area contributed by atoms with Gasteiger partial charge < -0.3 is 14.4 Å². The second kappa shape index (κ2) is 13.0. The summed E-state index contributed by atoms with van der Waals surface area (Å²) >= 11 is 0. The van der Waals surface area contributed by atoms with E-state index >= 15 is 0 Å². The van der Waals surface area contributed by atoms with E-state index in [0.29, 0.717) is 30.8 Å². The van der Waals surface area contributed by atoms with Crippen molar-refractivity contribution >= 4 is 17.0 Å². The number of benzene rings is 3. The number of carboxylic acid groups (broad SMARTS) is 1. The first-order valence-electron chi connectivity index (χ1n) is 15.4. The van der Waals surface area contributed by atoms with E-state index in [-0.39, 0.29) is 0 Å². The van der Waals surface area contributed by atoms with Gasteiger partial charge in [0.25, 0.3) is 0 Å². The van der Waals surface area contributed by atoms with Gasteiger partial charge in [0.2, 0.25) is 0 Å². The molecular weight excluding hydrogens is 536 g/mol. The molecule has 1 saturated heterocycles. The molecule has 3 aromatic carbocycles. The molecule has 7 nitrogen and oxygen atoms in total. The van der Waals surface area contributed by atoms with Crippen LogP contribution < -0.4 is 10.1 Å². The molecule has 2 atom stereocenters. The number of hydrogen-bond donors (Lipinski definition) is 2. The Hall–Kier alpha value is -4.20. The molecule has 0 bridgehead atoms. The first-order valence-corrected chi connectivity index (χ1v) is 15.4. The summed E-state index contributed by atoms with van der Waals surface area (Å²) < 4.78 is 8.80. The lowest BCUT2D eigenvalue weighted by molar-refractivity contribution is 0.0697. The van der Waals surface area contributed by atoms with Gasteiger partial charge in [0, 0.05) is 38.3 Å². The van der Waals surface area contributed by atoms with E-state index in [0.717, 1.165) is 83.8 Å². The van der Waals surface area contributed by atoms with Gasteiger partial charge >= 0.3 is 5.97 Å². The van der Waals surface area contributed by atoms with Crippen LogP contribution in [0, 0.1) is 6.92 Å². The van der Waals surface area contributed by atoms with Gasteiger partial charge in [-0.1, -0.05) is 86.2 Å². The minimum atomic E-state index is -0.919. The standard InChI is InChI=1S/C36H40N4O3/c1-3-4-14-33-38-34-25(2)15-20-32(43-22-9-21-39-24-37-30-12-7-8-13-31(30)39)35(34)40(33)23-26-16-18-27(19-17-26)28-10-5-6-11-29(28)36(41)42/h5-8,10-13,15-20,30-31,37H,3-4,9,14,21-24H2,1-2H3,(H,41,42). The number of nitrogens with one attached hydrogen (secondary N) is 1. The SMILES string of the molecule is CCCCc1nc2c(C)ccc(OCCCN3CNC4C=CC=CC43)c2n1Cc1ccc(-c2ccccc2C(=O)O)cc1. The maximum Gasteiger partial charge on any atom is 0.336 e.